The number of nitro benzene ring substituents is 1. The summed E-state index contributed by atoms with van der Waals surface area (Å²) in [7, 11) is 0. The predicted octanol–water partition coefficient (Wildman–Crippen LogP) is 2.79. The van der Waals surface area contributed by atoms with Crippen molar-refractivity contribution < 1.29 is 14.5 Å². The quantitative estimate of drug-likeness (QED) is 0.473. The van der Waals surface area contributed by atoms with Gasteiger partial charge in [-0.25, -0.2) is 4.79 Å². The number of alkyl carbamates (subject to hydrolysis) is 1. The first kappa shape index (κ1) is 18.2. The van der Waals surface area contributed by atoms with Gasteiger partial charge in [0.2, 0.25) is 0 Å². The summed E-state index contributed by atoms with van der Waals surface area (Å²) in [5, 5.41) is 25.3. The van der Waals surface area contributed by atoms with E-state index in [1.54, 1.807) is 32.9 Å². The third-order valence-electron chi connectivity index (χ3n) is 2.66. The Balaban J connectivity index is 2.38. The molecule has 0 unspecified atom stereocenters. The minimum atomic E-state index is -0.590. The fraction of sp³-hybridized carbons (Fsp3) is 0.467. The van der Waals surface area contributed by atoms with Gasteiger partial charge < -0.3 is 15.4 Å². The summed E-state index contributed by atoms with van der Waals surface area (Å²) < 4.78 is 5.10. The van der Waals surface area contributed by atoms with Crippen molar-refractivity contribution in [3.05, 3.63) is 33.9 Å². The third kappa shape index (κ3) is 6.65. The number of carbonyl (C=O) groups is 1. The van der Waals surface area contributed by atoms with Crippen LogP contribution in [-0.4, -0.2) is 29.7 Å². The van der Waals surface area contributed by atoms with Gasteiger partial charge in [0.15, 0.2) is 0 Å². The number of anilines is 1. The van der Waals surface area contributed by atoms with Crippen LogP contribution in [0.5, 0.6) is 0 Å². The van der Waals surface area contributed by atoms with Gasteiger partial charge >= 0.3 is 6.09 Å². The van der Waals surface area contributed by atoms with Crippen LogP contribution in [-0.2, 0) is 4.74 Å². The van der Waals surface area contributed by atoms with Crippen LogP contribution >= 0.6 is 0 Å². The zero-order chi connectivity index (χ0) is 17.5. The number of amides is 1. The van der Waals surface area contributed by atoms with Gasteiger partial charge in [-0.15, -0.1) is 0 Å². The summed E-state index contributed by atoms with van der Waals surface area (Å²) in [6.07, 6.45) is 0.164. The zero-order valence-corrected chi connectivity index (χ0v) is 13.4. The second-order valence-corrected chi connectivity index (χ2v) is 5.81. The minimum Gasteiger partial charge on any atom is -0.444 e. The van der Waals surface area contributed by atoms with Gasteiger partial charge in [-0.2, -0.15) is 5.26 Å². The molecule has 0 radical (unpaired) electrons. The van der Waals surface area contributed by atoms with E-state index in [4.69, 9.17) is 10.00 Å². The van der Waals surface area contributed by atoms with E-state index in [0.29, 0.717) is 25.2 Å². The van der Waals surface area contributed by atoms with Crippen LogP contribution in [0, 0.1) is 21.4 Å². The second kappa shape index (κ2) is 7.98. The molecule has 1 aromatic carbocycles. The standard InChI is InChI=1S/C15H20N4O4/c1-15(2,3)23-14(20)18-8-4-7-17-12-5-6-13(19(21)22)11(9-12)10-16/h5-6,9,17H,4,7-8H2,1-3H3,(H,18,20). The molecule has 2 N–H and O–H groups in total. The van der Waals surface area contributed by atoms with Crippen molar-refractivity contribution in [1.82, 2.24) is 5.32 Å². The largest absolute Gasteiger partial charge is 0.444 e. The van der Waals surface area contributed by atoms with Gasteiger partial charge in [0.05, 0.1) is 4.92 Å². The van der Waals surface area contributed by atoms with Crippen LogP contribution in [0.2, 0.25) is 0 Å². The number of nitrogens with one attached hydrogen (secondary N) is 2. The molecule has 0 aliphatic rings. The fourth-order valence-corrected chi connectivity index (χ4v) is 1.72. The lowest BCUT2D eigenvalue weighted by Crippen LogP contribution is -2.33. The van der Waals surface area contributed by atoms with Crippen LogP contribution in [0.15, 0.2) is 18.2 Å². The molecule has 124 valence electrons. The highest BCUT2D eigenvalue weighted by Gasteiger charge is 2.15. The van der Waals surface area contributed by atoms with E-state index in [-0.39, 0.29) is 11.3 Å². The Hall–Kier alpha value is -2.82. The Morgan fingerprint density at radius 3 is 2.65 bits per heavy atom. The lowest BCUT2D eigenvalue weighted by Gasteiger charge is -2.19. The van der Waals surface area contributed by atoms with Crippen molar-refractivity contribution in [2.45, 2.75) is 32.8 Å². The molecular formula is C15H20N4O4. The maximum atomic E-state index is 11.4. The maximum absolute atomic E-state index is 11.4. The molecule has 1 aromatic rings. The molecule has 0 saturated heterocycles. The van der Waals surface area contributed by atoms with E-state index in [1.165, 1.54) is 12.1 Å². The van der Waals surface area contributed by atoms with Crippen LogP contribution in [0.4, 0.5) is 16.2 Å². The highest BCUT2D eigenvalue weighted by Crippen LogP contribution is 2.21. The lowest BCUT2D eigenvalue weighted by molar-refractivity contribution is -0.385. The molecule has 0 spiro atoms. The zero-order valence-electron chi connectivity index (χ0n) is 13.4. The number of carbonyl (C=O) groups excluding carboxylic acids is 1. The van der Waals surface area contributed by atoms with Crippen molar-refractivity contribution in [2.75, 3.05) is 18.4 Å². The number of ether oxygens (including phenoxy) is 1. The summed E-state index contributed by atoms with van der Waals surface area (Å²) in [5.74, 6) is 0. The third-order valence-corrected chi connectivity index (χ3v) is 2.66. The highest BCUT2D eigenvalue weighted by molar-refractivity contribution is 5.67. The van der Waals surface area contributed by atoms with Crippen LogP contribution < -0.4 is 10.6 Å². The molecule has 0 saturated carbocycles. The summed E-state index contributed by atoms with van der Waals surface area (Å²) in [6, 6.07) is 6.06. The van der Waals surface area contributed by atoms with Crippen molar-refractivity contribution in [1.29, 1.82) is 5.26 Å². The van der Waals surface area contributed by atoms with E-state index >= 15 is 0 Å². The molecule has 23 heavy (non-hydrogen) atoms. The number of hydrogen-bond acceptors (Lipinski definition) is 6. The second-order valence-electron chi connectivity index (χ2n) is 5.81. The normalized spacial score (nSPS) is 10.5. The van der Waals surface area contributed by atoms with Crippen molar-refractivity contribution in [3.8, 4) is 6.07 Å². The number of nitriles is 1. The molecular weight excluding hydrogens is 300 g/mol. The molecule has 1 amide bonds. The smallest absolute Gasteiger partial charge is 0.407 e. The van der Waals surface area contributed by atoms with Gasteiger partial charge in [-0.3, -0.25) is 10.1 Å². The Bertz CT molecular complexity index is 617. The van der Waals surface area contributed by atoms with E-state index in [0.717, 1.165) is 0 Å². The molecule has 1 rings (SSSR count). The summed E-state index contributed by atoms with van der Waals surface area (Å²) in [6.45, 7) is 6.33. The van der Waals surface area contributed by atoms with Gasteiger partial charge in [-0.1, -0.05) is 0 Å². The monoisotopic (exact) mass is 320 g/mol. The van der Waals surface area contributed by atoms with Gasteiger partial charge in [0.1, 0.15) is 17.2 Å². The molecule has 0 bridgehead atoms. The SMILES string of the molecule is CC(C)(C)OC(=O)NCCCNc1ccc([N+](=O)[O-])c(C#N)c1. The topological polar surface area (TPSA) is 117 Å². The molecule has 0 aliphatic carbocycles. The molecule has 0 aliphatic heterocycles. The first-order chi connectivity index (χ1) is 10.7. The van der Waals surface area contributed by atoms with Crippen LogP contribution in [0.3, 0.4) is 0 Å². The molecule has 0 aromatic heterocycles. The molecule has 0 heterocycles. The Labute approximate surface area is 134 Å². The van der Waals surface area contributed by atoms with Crippen LogP contribution in [0.1, 0.15) is 32.8 Å². The summed E-state index contributed by atoms with van der Waals surface area (Å²) in [4.78, 5) is 21.6. The average Bonchev–Trinajstić information content (AvgIpc) is 2.44. The minimum absolute atomic E-state index is 0.00637. The number of nitro groups is 1. The van der Waals surface area contributed by atoms with Gasteiger partial charge in [-0.05, 0) is 39.3 Å². The van der Waals surface area contributed by atoms with E-state index in [1.807, 2.05) is 0 Å². The number of benzene rings is 1. The van der Waals surface area contributed by atoms with Gasteiger partial charge in [0.25, 0.3) is 5.69 Å². The summed E-state index contributed by atoms with van der Waals surface area (Å²) >= 11 is 0. The number of hydrogen-bond donors (Lipinski definition) is 2. The molecule has 0 atom stereocenters. The lowest BCUT2D eigenvalue weighted by atomic mass is 10.1. The maximum Gasteiger partial charge on any atom is 0.407 e. The van der Waals surface area contributed by atoms with Crippen molar-refractivity contribution in [2.24, 2.45) is 0 Å². The molecule has 0 fully saturated rings. The Morgan fingerprint density at radius 1 is 1.39 bits per heavy atom. The Morgan fingerprint density at radius 2 is 2.09 bits per heavy atom. The summed E-state index contributed by atoms with van der Waals surface area (Å²) in [5.41, 5.74) is -0.129. The number of rotatable bonds is 6. The average molecular weight is 320 g/mol. The van der Waals surface area contributed by atoms with E-state index in [9.17, 15) is 14.9 Å². The van der Waals surface area contributed by atoms with E-state index in [2.05, 4.69) is 10.6 Å². The van der Waals surface area contributed by atoms with Crippen molar-refractivity contribution >= 4 is 17.5 Å². The first-order valence-electron chi connectivity index (χ1n) is 7.12. The highest BCUT2D eigenvalue weighted by atomic mass is 16.6. The first-order valence-corrected chi connectivity index (χ1v) is 7.12. The van der Waals surface area contributed by atoms with E-state index < -0.39 is 16.6 Å². The predicted molar refractivity (Wildman–Crippen MR) is 85.2 cm³/mol. The van der Waals surface area contributed by atoms with Gasteiger partial charge in [0, 0.05) is 24.8 Å². The van der Waals surface area contributed by atoms with Crippen molar-refractivity contribution in [3.63, 3.8) is 0 Å². The fourth-order valence-electron chi connectivity index (χ4n) is 1.72. The number of nitrogens with zero attached hydrogens (tertiary/aromatic N) is 2. The molecule has 8 heteroatoms. The molecule has 8 nitrogen and oxygen atoms in total. The van der Waals surface area contributed by atoms with Crippen LogP contribution in [0.25, 0.3) is 0 Å². The Kier molecular flexibility index (Phi) is 6.33.